The maximum atomic E-state index is 15.4. The Morgan fingerprint density at radius 1 is 0.830 bits per heavy atom. The zero-order chi connectivity index (χ0) is 37.3. The zero-order valence-corrected chi connectivity index (χ0v) is 29.2. The first-order chi connectivity index (χ1) is 25.5. The van der Waals surface area contributed by atoms with Crippen molar-refractivity contribution in [1.29, 1.82) is 0 Å². The minimum absolute atomic E-state index is 0.0149. The van der Waals surface area contributed by atoms with Gasteiger partial charge in [-0.15, -0.1) is 0 Å². The maximum Gasteiger partial charge on any atom is 0.271 e. The van der Waals surface area contributed by atoms with Crippen molar-refractivity contribution in [3.05, 3.63) is 129 Å². The van der Waals surface area contributed by atoms with Crippen LogP contribution in [0.3, 0.4) is 0 Å². The van der Waals surface area contributed by atoms with E-state index in [2.05, 4.69) is 0 Å². The molecular weight excluding hydrogens is 702 g/mol. The van der Waals surface area contributed by atoms with Gasteiger partial charge in [0.15, 0.2) is 0 Å². The molecule has 53 heavy (non-hydrogen) atoms. The number of benzene rings is 4. The number of rotatable bonds is 7. The normalized spacial score (nSPS) is 26.2. The van der Waals surface area contributed by atoms with E-state index in [4.69, 9.17) is 21.1 Å². The highest BCUT2D eigenvalue weighted by Crippen LogP contribution is 2.66. The number of non-ortho nitro benzene ring substituents is 1. The van der Waals surface area contributed by atoms with E-state index in [9.17, 15) is 29.6 Å². The highest BCUT2D eigenvalue weighted by atomic mass is 35.5. The Balaban J connectivity index is 1.38. The number of hydrogen-bond acceptors (Lipinski definition) is 9. The highest BCUT2D eigenvalue weighted by molar-refractivity contribution is 6.32. The maximum absolute atomic E-state index is 15.4. The number of aromatic hydroxyl groups is 1. The van der Waals surface area contributed by atoms with Crippen LogP contribution in [0.15, 0.2) is 103 Å². The van der Waals surface area contributed by atoms with Crippen molar-refractivity contribution in [1.82, 2.24) is 0 Å². The Bertz CT molecular complexity index is 2280. The second kappa shape index (κ2) is 12.6. The summed E-state index contributed by atoms with van der Waals surface area (Å²) in [7, 11) is 2.86. The lowest BCUT2D eigenvalue weighted by atomic mass is 9.49. The number of amides is 4. The molecule has 1 saturated carbocycles. The fraction of sp³-hybridized carbons (Fsp3) is 0.250. The van der Waals surface area contributed by atoms with Gasteiger partial charge in [0, 0.05) is 40.8 Å². The summed E-state index contributed by atoms with van der Waals surface area (Å²) in [5, 5.41) is 23.8. The predicted molar refractivity (Wildman–Crippen MR) is 193 cm³/mol. The van der Waals surface area contributed by atoms with Crippen molar-refractivity contribution in [3.8, 4) is 17.2 Å². The summed E-state index contributed by atoms with van der Waals surface area (Å²) in [6, 6.07) is 23.7. The van der Waals surface area contributed by atoms with Gasteiger partial charge >= 0.3 is 0 Å². The first-order valence-corrected chi connectivity index (χ1v) is 17.4. The number of nitro groups is 1. The molecule has 6 atom stereocenters. The molecule has 8 rings (SSSR count). The number of allylic oxidation sites excluding steroid dienone is 2. The second-order valence-electron chi connectivity index (χ2n) is 13.6. The van der Waals surface area contributed by atoms with E-state index >= 15 is 4.79 Å². The quantitative estimate of drug-likeness (QED) is 0.0991. The number of anilines is 2. The number of halogens is 1. The van der Waals surface area contributed by atoms with Crippen molar-refractivity contribution in [2.45, 2.75) is 24.2 Å². The molecule has 2 saturated heterocycles. The molecule has 0 unspecified atom stereocenters. The molecule has 12 nitrogen and oxygen atoms in total. The van der Waals surface area contributed by atoms with Gasteiger partial charge in [-0.05, 0) is 48.6 Å². The van der Waals surface area contributed by atoms with E-state index in [1.165, 1.54) is 50.6 Å². The molecule has 0 aromatic heterocycles. The molecule has 4 aliphatic rings. The first kappa shape index (κ1) is 34.1. The number of phenols is 1. The molecule has 2 heterocycles. The lowest BCUT2D eigenvalue weighted by Crippen LogP contribution is -2.53. The van der Waals surface area contributed by atoms with Crippen LogP contribution in [0.5, 0.6) is 17.2 Å². The van der Waals surface area contributed by atoms with Gasteiger partial charge in [0.25, 0.3) is 5.69 Å². The first-order valence-electron chi connectivity index (χ1n) is 17.0. The van der Waals surface area contributed by atoms with Crippen molar-refractivity contribution in [2.24, 2.45) is 23.7 Å². The minimum Gasteiger partial charge on any atom is -0.507 e. The smallest absolute Gasteiger partial charge is 0.271 e. The van der Waals surface area contributed by atoms with Crippen LogP contribution >= 0.6 is 11.6 Å². The van der Waals surface area contributed by atoms with Crippen molar-refractivity contribution >= 4 is 52.3 Å². The van der Waals surface area contributed by atoms with Crippen molar-refractivity contribution in [2.75, 3.05) is 24.0 Å². The molecule has 3 fully saturated rings. The Morgan fingerprint density at radius 2 is 1.55 bits per heavy atom. The van der Waals surface area contributed by atoms with Gasteiger partial charge in [-0.2, -0.15) is 0 Å². The number of ether oxygens (including phenoxy) is 2. The van der Waals surface area contributed by atoms with Crippen LogP contribution in [-0.2, 0) is 24.6 Å². The average molecular weight is 734 g/mol. The Morgan fingerprint density at radius 3 is 2.23 bits per heavy atom. The molecule has 0 radical (unpaired) electrons. The fourth-order valence-electron chi connectivity index (χ4n) is 9.22. The summed E-state index contributed by atoms with van der Waals surface area (Å²) >= 11 is 6.39. The standard InChI is InChI=1S/C40H32ClN3O9/c1-52-26-18-31(45)34(32(19-26)53-2)35-27-14-15-28-33(38(48)42(36(28)46)24-12-7-13-25(17-24)44(50)51)29(27)20-30-37(47)43(23-11-6-10-22(41)16-23)39(49)40(30,35)21-8-4-3-5-9-21/h3-14,16-19,28-30,33,35,45H,15,20H2,1-2H3/t28-,29+,30-,33-,35+,40+/m0/s1. The number of phenolic OH excluding ortho intramolecular Hbond substituents is 1. The number of carbonyl (C=O) groups is 4. The number of fused-ring (bicyclic) bond motifs is 4. The van der Waals surface area contributed by atoms with E-state index in [1.807, 2.05) is 6.08 Å². The molecule has 0 spiro atoms. The number of imide groups is 2. The van der Waals surface area contributed by atoms with Crippen LogP contribution in [0, 0.1) is 33.8 Å². The molecule has 4 amide bonds. The van der Waals surface area contributed by atoms with Gasteiger partial charge in [0.1, 0.15) is 17.2 Å². The molecule has 1 N–H and O–H groups in total. The zero-order valence-electron chi connectivity index (χ0n) is 28.5. The summed E-state index contributed by atoms with van der Waals surface area (Å²) in [4.78, 5) is 72.2. The van der Waals surface area contributed by atoms with E-state index < -0.39 is 63.6 Å². The predicted octanol–water partition coefficient (Wildman–Crippen LogP) is 6.34. The van der Waals surface area contributed by atoms with Crippen LogP contribution < -0.4 is 19.3 Å². The van der Waals surface area contributed by atoms with E-state index in [0.29, 0.717) is 16.2 Å². The molecule has 268 valence electrons. The van der Waals surface area contributed by atoms with Gasteiger partial charge in [0.2, 0.25) is 23.6 Å². The van der Waals surface area contributed by atoms with Gasteiger partial charge in [0.05, 0.1) is 53.7 Å². The lowest BCUT2D eigenvalue weighted by molar-refractivity contribution is -0.384. The van der Waals surface area contributed by atoms with Gasteiger partial charge < -0.3 is 14.6 Å². The van der Waals surface area contributed by atoms with E-state index in [-0.39, 0.29) is 52.7 Å². The Hall–Kier alpha value is -6.01. The molecule has 4 aromatic rings. The summed E-state index contributed by atoms with van der Waals surface area (Å²) in [5.41, 5.74) is -0.255. The van der Waals surface area contributed by atoms with E-state index in [0.717, 1.165) is 9.80 Å². The van der Waals surface area contributed by atoms with Crippen LogP contribution in [0.4, 0.5) is 17.1 Å². The number of nitrogens with zero attached hydrogens (tertiary/aromatic N) is 3. The number of methoxy groups -OCH3 is 2. The van der Waals surface area contributed by atoms with Crippen LogP contribution in [-0.4, -0.2) is 47.9 Å². The topological polar surface area (TPSA) is 157 Å². The summed E-state index contributed by atoms with van der Waals surface area (Å²) in [6.07, 6.45) is 1.97. The molecule has 2 aliphatic carbocycles. The lowest BCUT2D eigenvalue weighted by Gasteiger charge is -2.51. The molecule has 4 aromatic carbocycles. The monoisotopic (exact) mass is 733 g/mol. The Labute approximate surface area is 308 Å². The third kappa shape index (κ3) is 4.88. The minimum atomic E-state index is -1.65. The summed E-state index contributed by atoms with van der Waals surface area (Å²) < 4.78 is 11.3. The van der Waals surface area contributed by atoms with Gasteiger partial charge in [-0.25, -0.2) is 9.80 Å². The number of nitro benzene ring substituents is 1. The van der Waals surface area contributed by atoms with Crippen LogP contribution in [0.1, 0.15) is 29.9 Å². The van der Waals surface area contributed by atoms with Crippen molar-refractivity contribution in [3.63, 3.8) is 0 Å². The molecular formula is C40H32ClN3O9. The highest BCUT2D eigenvalue weighted by Gasteiger charge is 2.71. The van der Waals surface area contributed by atoms with Gasteiger partial charge in [-0.3, -0.25) is 29.3 Å². The summed E-state index contributed by atoms with van der Waals surface area (Å²) in [6.45, 7) is 0. The molecule has 0 bridgehead atoms. The second-order valence-corrected chi connectivity index (χ2v) is 14.1. The van der Waals surface area contributed by atoms with Crippen LogP contribution in [0.2, 0.25) is 5.02 Å². The number of carbonyl (C=O) groups excluding carboxylic acids is 4. The fourth-order valence-corrected chi connectivity index (χ4v) is 9.41. The SMILES string of the molecule is COc1cc(O)c([C@H]2C3=CC[C@@H]4C(=O)N(c5cccc([N+](=O)[O-])c5)C(=O)[C@@H]4[C@@H]3C[C@H]3C(=O)N(c4cccc(Cl)c4)C(=O)[C@@]23c2ccccc2)c(OC)c1. The van der Waals surface area contributed by atoms with Crippen molar-refractivity contribution < 1.29 is 38.7 Å². The Kier molecular flexibility index (Phi) is 8.10. The van der Waals surface area contributed by atoms with Gasteiger partial charge in [-0.1, -0.05) is 65.7 Å². The summed E-state index contributed by atoms with van der Waals surface area (Å²) in [5.74, 6) is -6.59. The third-order valence-electron chi connectivity index (χ3n) is 11.3. The largest absolute Gasteiger partial charge is 0.507 e. The third-order valence-corrected chi connectivity index (χ3v) is 11.5. The van der Waals surface area contributed by atoms with E-state index in [1.54, 1.807) is 54.6 Å². The number of hydrogen-bond donors (Lipinski definition) is 1. The molecule has 2 aliphatic heterocycles. The van der Waals surface area contributed by atoms with Crippen LogP contribution in [0.25, 0.3) is 0 Å². The average Bonchev–Trinajstić information content (AvgIpc) is 3.55. The molecule has 13 heteroatoms.